The number of halogens is 2. The fourth-order valence-corrected chi connectivity index (χ4v) is 2.70. The van der Waals surface area contributed by atoms with Crippen LogP contribution in [0.2, 0.25) is 5.02 Å². The standard InChI is InChI=1S/C15H13BrClNOS/c1-20-12-6-7-14(17)13(8-12)15(19)18-11-4-2-10(9-16)3-5-11/h2-8H,9H2,1H3,(H,18,19). The van der Waals surface area contributed by atoms with Crippen LogP contribution >= 0.6 is 39.3 Å². The molecule has 0 aliphatic rings. The Kier molecular flexibility index (Phi) is 5.52. The van der Waals surface area contributed by atoms with Crippen molar-refractivity contribution in [3.63, 3.8) is 0 Å². The number of nitrogens with one attached hydrogen (secondary N) is 1. The van der Waals surface area contributed by atoms with Crippen LogP contribution in [0, 0.1) is 0 Å². The molecule has 1 N–H and O–H groups in total. The minimum absolute atomic E-state index is 0.197. The third kappa shape index (κ3) is 3.78. The second-order valence-electron chi connectivity index (χ2n) is 4.13. The summed E-state index contributed by atoms with van der Waals surface area (Å²) < 4.78 is 0. The number of benzene rings is 2. The van der Waals surface area contributed by atoms with E-state index in [1.807, 2.05) is 36.6 Å². The van der Waals surface area contributed by atoms with Crippen molar-refractivity contribution in [3.05, 3.63) is 58.6 Å². The van der Waals surface area contributed by atoms with Gasteiger partial charge in [-0.15, -0.1) is 11.8 Å². The highest BCUT2D eigenvalue weighted by Gasteiger charge is 2.11. The first kappa shape index (κ1) is 15.4. The van der Waals surface area contributed by atoms with Crippen molar-refractivity contribution in [2.45, 2.75) is 10.2 Å². The summed E-state index contributed by atoms with van der Waals surface area (Å²) >= 11 is 11.1. The fourth-order valence-electron chi connectivity index (χ4n) is 1.68. The van der Waals surface area contributed by atoms with Crippen molar-refractivity contribution in [1.82, 2.24) is 0 Å². The summed E-state index contributed by atoms with van der Waals surface area (Å²) in [5, 5.41) is 4.10. The summed E-state index contributed by atoms with van der Waals surface area (Å²) in [6, 6.07) is 13.1. The summed E-state index contributed by atoms with van der Waals surface area (Å²) in [6.07, 6.45) is 1.96. The molecule has 0 aliphatic carbocycles. The first-order valence-electron chi connectivity index (χ1n) is 5.94. The van der Waals surface area contributed by atoms with E-state index >= 15 is 0 Å². The molecule has 1 amide bonds. The van der Waals surface area contributed by atoms with Crippen molar-refractivity contribution < 1.29 is 4.79 Å². The fraction of sp³-hybridized carbons (Fsp3) is 0.133. The highest BCUT2D eigenvalue weighted by molar-refractivity contribution is 9.08. The van der Waals surface area contributed by atoms with E-state index in [0.717, 1.165) is 21.5 Å². The van der Waals surface area contributed by atoms with Crippen LogP contribution in [0.25, 0.3) is 0 Å². The second-order valence-corrected chi connectivity index (χ2v) is 5.98. The van der Waals surface area contributed by atoms with Gasteiger partial charge in [0.1, 0.15) is 0 Å². The van der Waals surface area contributed by atoms with Gasteiger partial charge in [-0.25, -0.2) is 0 Å². The maximum Gasteiger partial charge on any atom is 0.257 e. The first-order valence-corrected chi connectivity index (χ1v) is 8.66. The van der Waals surface area contributed by atoms with Crippen molar-refractivity contribution in [1.29, 1.82) is 0 Å². The van der Waals surface area contributed by atoms with Crippen molar-refractivity contribution >= 4 is 50.9 Å². The zero-order chi connectivity index (χ0) is 14.5. The van der Waals surface area contributed by atoms with Crippen LogP contribution in [-0.4, -0.2) is 12.2 Å². The Bertz CT molecular complexity index is 616. The van der Waals surface area contributed by atoms with Gasteiger partial charge in [-0.2, -0.15) is 0 Å². The minimum Gasteiger partial charge on any atom is -0.322 e. The van der Waals surface area contributed by atoms with Crippen LogP contribution < -0.4 is 5.32 Å². The van der Waals surface area contributed by atoms with Gasteiger partial charge in [0, 0.05) is 15.9 Å². The van der Waals surface area contributed by atoms with E-state index in [-0.39, 0.29) is 5.91 Å². The molecule has 0 bridgehead atoms. The van der Waals surface area contributed by atoms with Crippen molar-refractivity contribution in [2.75, 3.05) is 11.6 Å². The lowest BCUT2D eigenvalue weighted by Gasteiger charge is -2.08. The Hall–Kier alpha value is -0.970. The molecule has 0 fully saturated rings. The quantitative estimate of drug-likeness (QED) is 0.591. The van der Waals surface area contributed by atoms with E-state index < -0.39 is 0 Å². The van der Waals surface area contributed by atoms with Gasteiger partial charge in [0.2, 0.25) is 0 Å². The zero-order valence-electron chi connectivity index (χ0n) is 10.8. The van der Waals surface area contributed by atoms with Gasteiger partial charge >= 0.3 is 0 Å². The molecule has 2 aromatic carbocycles. The van der Waals surface area contributed by atoms with Crippen molar-refractivity contribution in [2.24, 2.45) is 0 Å². The number of alkyl halides is 1. The number of carbonyl (C=O) groups excluding carboxylic acids is 1. The zero-order valence-corrected chi connectivity index (χ0v) is 14.0. The van der Waals surface area contributed by atoms with Crippen LogP contribution in [0.5, 0.6) is 0 Å². The van der Waals surface area contributed by atoms with Gasteiger partial charge in [0.15, 0.2) is 0 Å². The topological polar surface area (TPSA) is 29.1 Å². The number of carbonyl (C=O) groups is 1. The molecule has 20 heavy (non-hydrogen) atoms. The van der Waals surface area contributed by atoms with Gasteiger partial charge in [-0.1, -0.05) is 39.7 Å². The van der Waals surface area contributed by atoms with Gasteiger partial charge in [0.05, 0.1) is 10.6 Å². The van der Waals surface area contributed by atoms with Gasteiger partial charge in [-0.05, 0) is 42.2 Å². The highest BCUT2D eigenvalue weighted by Crippen LogP contribution is 2.24. The predicted molar refractivity (Wildman–Crippen MR) is 90.3 cm³/mol. The van der Waals surface area contributed by atoms with Gasteiger partial charge < -0.3 is 5.32 Å². The smallest absolute Gasteiger partial charge is 0.257 e. The van der Waals surface area contributed by atoms with Crippen LogP contribution in [-0.2, 0) is 5.33 Å². The Morgan fingerprint density at radius 2 is 1.95 bits per heavy atom. The molecule has 0 aliphatic heterocycles. The predicted octanol–water partition coefficient (Wildman–Crippen LogP) is 5.21. The Morgan fingerprint density at radius 1 is 1.25 bits per heavy atom. The molecule has 0 aromatic heterocycles. The highest BCUT2D eigenvalue weighted by atomic mass is 79.9. The maximum absolute atomic E-state index is 12.2. The summed E-state index contributed by atoms with van der Waals surface area (Å²) in [4.78, 5) is 13.3. The number of hydrogen-bond donors (Lipinski definition) is 1. The average Bonchev–Trinajstić information content (AvgIpc) is 2.48. The summed E-state index contributed by atoms with van der Waals surface area (Å²) in [5.41, 5.74) is 2.40. The minimum atomic E-state index is -0.197. The molecule has 0 radical (unpaired) electrons. The molecule has 0 saturated carbocycles. The van der Waals surface area contributed by atoms with Gasteiger partial charge in [-0.3, -0.25) is 4.79 Å². The number of hydrogen-bond acceptors (Lipinski definition) is 2. The normalized spacial score (nSPS) is 10.3. The van der Waals surface area contributed by atoms with Crippen LogP contribution in [0.3, 0.4) is 0 Å². The van der Waals surface area contributed by atoms with Crippen LogP contribution in [0.4, 0.5) is 5.69 Å². The molecular weight excluding hydrogens is 358 g/mol. The molecule has 0 atom stereocenters. The summed E-state index contributed by atoms with van der Waals surface area (Å²) in [5.74, 6) is -0.197. The molecular formula is C15H13BrClNOS. The van der Waals surface area contributed by atoms with E-state index in [0.29, 0.717) is 10.6 Å². The van der Waals surface area contributed by atoms with E-state index in [2.05, 4.69) is 21.2 Å². The average molecular weight is 371 g/mol. The number of amides is 1. The van der Waals surface area contributed by atoms with Crippen molar-refractivity contribution in [3.8, 4) is 0 Å². The maximum atomic E-state index is 12.2. The van der Waals surface area contributed by atoms with Gasteiger partial charge in [0.25, 0.3) is 5.91 Å². The third-order valence-corrected chi connectivity index (χ3v) is 4.49. The van der Waals surface area contributed by atoms with Crippen LogP contribution in [0.1, 0.15) is 15.9 Å². The Labute approximate surface area is 136 Å². The molecule has 2 rings (SSSR count). The summed E-state index contributed by atoms with van der Waals surface area (Å²) in [6.45, 7) is 0. The van der Waals surface area contributed by atoms with E-state index in [4.69, 9.17) is 11.6 Å². The number of thioether (sulfide) groups is 1. The molecule has 0 saturated heterocycles. The summed E-state index contributed by atoms with van der Waals surface area (Å²) in [7, 11) is 0. The second kappa shape index (κ2) is 7.16. The molecule has 0 spiro atoms. The SMILES string of the molecule is CSc1ccc(Cl)c(C(=O)Nc2ccc(CBr)cc2)c1. The molecule has 5 heteroatoms. The third-order valence-electron chi connectivity index (χ3n) is 2.78. The molecule has 104 valence electrons. The van der Waals surface area contributed by atoms with E-state index in [1.165, 1.54) is 0 Å². The molecule has 0 heterocycles. The largest absolute Gasteiger partial charge is 0.322 e. The first-order chi connectivity index (χ1) is 9.63. The molecule has 0 unspecified atom stereocenters. The van der Waals surface area contributed by atoms with E-state index in [1.54, 1.807) is 23.9 Å². The molecule has 2 nitrogen and oxygen atoms in total. The monoisotopic (exact) mass is 369 g/mol. The lowest BCUT2D eigenvalue weighted by atomic mass is 10.2. The van der Waals surface area contributed by atoms with Crippen LogP contribution in [0.15, 0.2) is 47.4 Å². The number of rotatable bonds is 4. The Morgan fingerprint density at radius 3 is 2.55 bits per heavy atom. The number of anilines is 1. The lowest BCUT2D eigenvalue weighted by Crippen LogP contribution is -2.12. The Balaban J connectivity index is 2.18. The molecule has 2 aromatic rings. The lowest BCUT2D eigenvalue weighted by molar-refractivity contribution is 0.102. The van der Waals surface area contributed by atoms with E-state index in [9.17, 15) is 4.79 Å².